The van der Waals surface area contributed by atoms with Crippen molar-refractivity contribution in [2.75, 3.05) is 13.1 Å². The Balaban J connectivity index is 1.48. The van der Waals surface area contributed by atoms with Crippen LogP contribution in [0.3, 0.4) is 0 Å². The molecule has 0 saturated carbocycles. The summed E-state index contributed by atoms with van der Waals surface area (Å²) in [7, 11) is 0. The zero-order valence-corrected chi connectivity index (χ0v) is 16.8. The second-order valence-electron chi connectivity index (χ2n) is 6.82. The summed E-state index contributed by atoms with van der Waals surface area (Å²) < 4.78 is 28.1. The molecule has 4 aromatic rings. The fourth-order valence-corrected chi connectivity index (χ4v) is 3.26. The van der Waals surface area contributed by atoms with Crippen LogP contribution in [0.25, 0.3) is 11.4 Å². The third-order valence-electron chi connectivity index (χ3n) is 4.89. The van der Waals surface area contributed by atoms with E-state index < -0.39 is 11.6 Å². The highest BCUT2D eigenvalue weighted by Gasteiger charge is 2.19. The van der Waals surface area contributed by atoms with Crippen LogP contribution in [0.1, 0.15) is 23.0 Å². The van der Waals surface area contributed by atoms with E-state index in [1.807, 2.05) is 13.0 Å². The Morgan fingerprint density at radius 1 is 1.03 bits per heavy atom. The fraction of sp³-hybridized carbons (Fsp3) is 0.182. The summed E-state index contributed by atoms with van der Waals surface area (Å²) in [4.78, 5) is 16.3. The summed E-state index contributed by atoms with van der Waals surface area (Å²) in [5.74, 6) is -1.96. The smallest absolute Gasteiger partial charge is 0.256 e. The van der Waals surface area contributed by atoms with Crippen molar-refractivity contribution in [3.8, 4) is 11.4 Å². The lowest BCUT2D eigenvalue weighted by molar-refractivity contribution is 0.0765. The minimum absolute atomic E-state index is 0.129. The maximum Gasteiger partial charge on any atom is 0.256 e. The number of hydrogen-bond acceptors (Lipinski definition) is 4. The molecule has 0 spiro atoms. The molecule has 158 valence electrons. The Morgan fingerprint density at radius 3 is 2.55 bits per heavy atom. The van der Waals surface area contributed by atoms with Crippen LogP contribution in [0, 0.1) is 11.6 Å². The predicted octanol–water partition coefficient (Wildman–Crippen LogP) is 3.44. The first-order valence-electron chi connectivity index (χ1n) is 9.81. The molecule has 2 aromatic carbocycles. The molecule has 0 N–H and O–H groups in total. The van der Waals surface area contributed by atoms with E-state index in [2.05, 4.69) is 15.3 Å². The van der Waals surface area contributed by atoms with Crippen molar-refractivity contribution in [2.45, 2.75) is 13.3 Å². The molecular weight excluding hydrogens is 402 g/mol. The van der Waals surface area contributed by atoms with Gasteiger partial charge in [-0.2, -0.15) is 20.1 Å². The molecule has 0 aliphatic heterocycles. The molecule has 0 atom stereocenters. The van der Waals surface area contributed by atoms with Gasteiger partial charge in [-0.3, -0.25) is 4.79 Å². The topological polar surface area (TPSA) is 68.8 Å². The van der Waals surface area contributed by atoms with Crippen molar-refractivity contribution in [2.24, 2.45) is 0 Å². The van der Waals surface area contributed by atoms with Gasteiger partial charge in [-0.15, -0.1) is 0 Å². The van der Waals surface area contributed by atoms with Gasteiger partial charge in [0.1, 0.15) is 0 Å². The number of hydrogen-bond donors (Lipinski definition) is 0. The van der Waals surface area contributed by atoms with E-state index in [9.17, 15) is 13.6 Å². The largest absolute Gasteiger partial charge is 0.338 e. The zero-order chi connectivity index (χ0) is 21.8. The van der Waals surface area contributed by atoms with Crippen LogP contribution in [0.4, 0.5) is 8.78 Å². The summed E-state index contributed by atoms with van der Waals surface area (Å²) in [6.45, 7) is 2.88. The lowest BCUT2D eigenvalue weighted by Crippen LogP contribution is -2.33. The highest BCUT2D eigenvalue weighted by Crippen LogP contribution is 2.16. The van der Waals surface area contributed by atoms with E-state index in [0.29, 0.717) is 36.4 Å². The van der Waals surface area contributed by atoms with Crippen LogP contribution >= 0.6 is 0 Å². The first kappa shape index (κ1) is 20.4. The number of halogens is 2. The minimum Gasteiger partial charge on any atom is -0.338 e. The molecule has 7 nitrogen and oxygen atoms in total. The average Bonchev–Trinajstić information content (AvgIpc) is 3.48. The minimum atomic E-state index is -0.928. The number of carbonyl (C=O) groups excluding carboxylic acids is 1. The first-order valence-corrected chi connectivity index (χ1v) is 9.81. The lowest BCUT2D eigenvalue weighted by atomic mass is 10.1. The fourth-order valence-electron chi connectivity index (χ4n) is 3.26. The van der Waals surface area contributed by atoms with E-state index in [-0.39, 0.29) is 5.91 Å². The van der Waals surface area contributed by atoms with Crippen molar-refractivity contribution in [1.29, 1.82) is 0 Å². The van der Waals surface area contributed by atoms with Crippen LogP contribution in [0.5, 0.6) is 0 Å². The highest BCUT2D eigenvalue weighted by molar-refractivity contribution is 5.97. The molecule has 0 saturated heterocycles. The van der Waals surface area contributed by atoms with Crippen molar-refractivity contribution < 1.29 is 13.6 Å². The zero-order valence-electron chi connectivity index (χ0n) is 16.8. The van der Waals surface area contributed by atoms with Gasteiger partial charge in [-0.05, 0) is 37.3 Å². The number of rotatable bonds is 7. The number of aromatic nitrogens is 5. The summed E-state index contributed by atoms with van der Waals surface area (Å²) >= 11 is 0. The van der Waals surface area contributed by atoms with Crippen molar-refractivity contribution in [3.05, 3.63) is 90.0 Å². The van der Waals surface area contributed by atoms with E-state index in [1.165, 1.54) is 15.5 Å². The van der Waals surface area contributed by atoms with Gasteiger partial charge >= 0.3 is 0 Å². The number of benzene rings is 2. The summed E-state index contributed by atoms with van der Waals surface area (Å²) in [5, 5.41) is 12.7. The van der Waals surface area contributed by atoms with Crippen LogP contribution in [0.15, 0.2) is 67.1 Å². The predicted molar refractivity (Wildman–Crippen MR) is 110 cm³/mol. The molecule has 0 aliphatic carbocycles. The van der Waals surface area contributed by atoms with Crippen molar-refractivity contribution in [3.63, 3.8) is 0 Å². The summed E-state index contributed by atoms with van der Waals surface area (Å²) in [6.07, 6.45) is 5.31. The molecule has 0 aliphatic rings. The maximum atomic E-state index is 13.5. The quantitative estimate of drug-likeness (QED) is 0.458. The molecule has 0 radical (unpaired) electrons. The monoisotopic (exact) mass is 422 g/mol. The molecule has 9 heteroatoms. The summed E-state index contributed by atoms with van der Waals surface area (Å²) in [5.41, 5.74) is 2.28. The molecule has 4 rings (SSSR count). The summed E-state index contributed by atoms with van der Waals surface area (Å²) in [6, 6.07) is 12.6. The van der Waals surface area contributed by atoms with Gasteiger partial charge in [0, 0.05) is 31.8 Å². The van der Waals surface area contributed by atoms with Crippen LogP contribution in [-0.2, 0) is 6.42 Å². The molecule has 31 heavy (non-hydrogen) atoms. The van der Waals surface area contributed by atoms with Crippen molar-refractivity contribution in [1.82, 2.24) is 29.7 Å². The number of amides is 1. The average molecular weight is 422 g/mol. The second-order valence-corrected chi connectivity index (χ2v) is 6.82. The van der Waals surface area contributed by atoms with Gasteiger partial charge in [0.15, 0.2) is 11.6 Å². The number of nitrogens with zero attached hydrogens (tertiary/aromatic N) is 6. The maximum absolute atomic E-state index is 13.5. The molecule has 0 bridgehead atoms. The van der Waals surface area contributed by atoms with Crippen LogP contribution in [-0.4, -0.2) is 48.7 Å². The Bertz CT molecular complexity index is 1190. The number of likely N-dealkylation sites (N-methyl/N-ethyl adjacent to an activating group) is 1. The number of para-hydroxylation sites is 1. The van der Waals surface area contributed by atoms with Crippen LogP contribution < -0.4 is 0 Å². The molecular formula is C22H20F2N6O. The molecule has 0 unspecified atom stereocenters. The SMILES string of the molecule is CCN(CCc1ccn(-c2ccc(F)c(F)c2)n1)C(=O)c1ccccc1-n1nccn1. The third kappa shape index (κ3) is 4.35. The second kappa shape index (κ2) is 8.86. The first-order chi connectivity index (χ1) is 15.1. The van der Waals surface area contributed by atoms with Crippen LogP contribution in [0.2, 0.25) is 0 Å². The van der Waals surface area contributed by atoms with Gasteiger partial charge in [-0.25, -0.2) is 13.5 Å². The Kier molecular flexibility index (Phi) is 5.83. The van der Waals surface area contributed by atoms with E-state index in [4.69, 9.17) is 0 Å². The van der Waals surface area contributed by atoms with Gasteiger partial charge < -0.3 is 4.90 Å². The van der Waals surface area contributed by atoms with Gasteiger partial charge in [0.25, 0.3) is 5.91 Å². The van der Waals surface area contributed by atoms with E-state index in [0.717, 1.165) is 17.8 Å². The van der Waals surface area contributed by atoms with Gasteiger partial charge in [0.2, 0.25) is 0 Å². The molecule has 2 heterocycles. The molecule has 2 aromatic heterocycles. The van der Waals surface area contributed by atoms with Gasteiger partial charge in [0.05, 0.1) is 35.0 Å². The lowest BCUT2D eigenvalue weighted by Gasteiger charge is -2.21. The van der Waals surface area contributed by atoms with E-state index >= 15 is 0 Å². The van der Waals surface area contributed by atoms with E-state index in [1.54, 1.807) is 47.8 Å². The Labute approximate surface area is 177 Å². The Morgan fingerprint density at radius 2 is 1.81 bits per heavy atom. The number of carbonyl (C=O) groups is 1. The molecule has 0 fully saturated rings. The Hall–Kier alpha value is -3.88. The van der Waals surface area contributed by atoms with Crippen molar-refractivity contribution >= 4 is 5.91 Å². The standard InChI is InChI=1S/C22H20F2N6O/c1-2-28(22(31)18-5-3-4-6-21(18)30-25-11-12-26-30)13-9-16-10-14-29(27-16)17-7-8-19(23)20(24)15-17/h3-8,10-12,14-15H,2,9,13H2,1H3. The third-order valence-corrected chi connectivity index (χ3v) is 4.89. The molecule has 1 amide bonds. The van der Waals surface area contributed by atoms with Gasteiger partial charge in [-0.1, -0.05) is 12.1 Å². The highest BCUT2D eigenvalue weighted by atomic mass is 19.2. The normalized spacial score (nSPS) is 10.9.